The molecule has 3 aliphatic heterocycles. The van der Waals surface area contributed by atoms with Gasteiger partial charge in [-0.3, -0.25) is 4.90 Å². The molecule has 4 nitrogen and oxygen atoms in total. The fourth-order valence-corrected chi connectivity index (χ4v) is 3.02. The Balaban J connectivity index is 1.65. The number of aromatic nitrogens is 2. The maximum Gasteiger partial charge on any atom is 0.225 e. The highest BCUT2D eigenvalue weighted by molar-refractivity contribution is 5.33. The summed E-state index contributed by atoms with van der Waals surface area (Å²) < 4.78 is 0. The Hall–Kier alpha value is -1.16. The zero-order valence-electron chi connectivity index (χ0n) is 10.6. The lowest BCUT2D eigenvalue weighted by Crippen LogP contribution is -2.69. The molecule has 92 valence electrons. The van der Waals surface area contributed by atoms with Crippen molar-refractivity contribution in [2.24, 2.45) is 5.92 Å². The summed E-state index contributed by atoms with van der Waals surface area (Å²) in [5, 5.41) is 0. The number of piperazine rings is 1. The molecule has 4 rings (SSSR count). The van der Waals surface area contributed by atoms with Gasteiger partial charge in [0.15, 0.2) is 0 Å². The second-order valence-electron chi connectivity index (χ2n) is 5.59. The molecule has 0 aromatic carbocycles. The van der Waals surface area contributed by atoms with Crippen LogP contribution in [0.4, 0.5) is 5.95 Å². The average molecular weight is 232 g/mol. The van der Waals surface area contributed by atoms with E-state index in [2.05, 4.69) is 33.6 Å². The van der Waals surface area contributed by atoms with E-state index >= 15 is 0 Å². The first-order valence-corrected chi connectivity index (χ1v) is 6.51. The standard InChI is InChI=1S/C13H20N4/c1-10(2)7-17-11-6-12(17)9-16(8-11)13-14-4-3-5-15-13/h3-5,10-12H,6-9H2,1-2H3. The van der Waals surface area contributed by atoms with Gasteiger partial charge in [-0.25, -0.2) is 9.97 Å². The number of hydrogen-bond acceptors (Lipinski definition) is 4. The normalized spacial score (nSPS) is 28.3. The van der Waals surface area contributed by atoms with Crippen molar-refractivity contribution in [1.29, 1.82) is 0 Å². The van der Waals surface area contributed by atoms with E-state index < -0.39 is 0 Å². The van der Waals surface area contributed by atoms with Crippen LogP contribution in [0.2, 0.25) is 0 Å². The predicted octanol–water partition coefficient (Wildman–Crippen LogP) is 1.40. The molecule has 0 saturated carbocycles. The van der Waals surface area contributed by atoms with Crippen molar-refractivity contribution in [3.63, 3.8) is 0 Å². The van der Waals surface area contributed by atoms with Crippen LogP contribution in [-0.2, 0) is 0 Å². The van der Waals surface area contributed by atoms with Crippen LogP contribution in [0.1, 0.15) is 20.3 Å². The van der Waals surface area contributed by atoms with E-state index in [4.69, 9.17) is 0 Å². The van der Waals surface area contributed by atoms with Crippen LogP contribution in [0.3, 0.4) is 0 Å². The van der Waals surface area contributed by atoms with Gasteiger partial charge in [0.25, 0.3) is 0 Å². The van der Waals surface area contributed by atoms with Crippen LogP contribution in [0.15, 0.2) is 18.5 Å². The lowest BCUT2D eigenvalue weighted by Gasteiger charge is -2.57. The third kappa shape index (κ3) is 2.02. The van der Waals surface area contributed by atoms with Crippen molar-refractivity contribution in [2.75, 3.05) is 24.5 Å². The highest BCUT2D eigenvalue weighted by Crippen LogP contribution is 2.33. The van der Waals surface area contributed by atoms with Gasteiger partial charge in [-0.1, -0.05) is 13.8 Å². The van der Waals surface area contributed by atoms with Gasteiger partial charge in [-0.15, -0.1) is 0 Å². The maximum absolute atomic E-state index is 4.34. The highest BCUT2D eigenvalue weighted by Gasteiger charge is 2.44. The van der Waals surface area contributed by atoms with Gasteiger partial charge in [-0.2, -0.15) is 0 Å². The molecule has 3 saturated heterocycles. The van der Waals surface area contributed by atoms with E-state index in [1.807, 2.05) is 18.5 Å². The summed E-state index contributed by atoms with van der Waals surface area (Å²) in [7, 11) is 0. The summed E-state index contributed by atoms with van der Waals surface area (Å²) in [5.74, 6) is 1.66. The van der Waals surface area contributed by atoms with Crippen LogP contribution in [0, 0.1) is 5.92 Å². The molecule has 1 aromatic heterocycles. The molecule has 0 N–H and O–H groups in total. The monoisotopic (exact) mass is 232 g/mol. The van der Waals surface area contributed by atoms with E-state index in [0.717, 1.165) is 37.0 Å². The third-order valence-corrected chi connectivity index (χ3v) is 3.76. The highest BCUT2D eigenvalue weighted by atomic mass is 15.4. The Labute approximate surface area is 103 Å². The topological polar surface area (TPSA) is 32.3 Å². The number of hydrogen-bond donors (Lipinski definition) is 0. The van der Waals surface area contributed by atoms with Crippen molar-refractivity contribution in [1.82, 2.24) is 14.9 Å². The fraction of sp³-hybridized carbons (Fsp3) is 0.692. The van der Waals surface area contributed by atoms with Gasteiger partial charge in [0.1, 0.15) is 0 Å². The molecule has 1 aromatic rings. The van der Waals surface area contributed by atoms with Crippen molar-refractivity contribution in [2.45, 2.75) is 32.4 Å². The quantitative estimate of drug-likeness (QED) is 0.788. The summed E-state index contributed by atoms with van der Waals surface area (Å²) in [6.45, 7) is 8.01. The molecule has 2 unspecified atom stereocenters. The SMILES string of the molecule is CC(C)CN1C2CC1CN(c1ncccn1)C2. The van der Waals surface area contributed by atoms with Crippen molar-refractivity contribution < 1.29 is 0 Å². The molecule has 0 aliphatic carbocycles. The second-order valence-corrected chi connectivity index (χ2v) is 5.59. The summed E-state index contributed by atoms with van der Waals surface area (Å²) in [4.78, 5) is 13.7. The van der Waals surface area contributed by atoms with E-state index in [0.29, 0.717) is 0 Å². The molecule has 4 heterocycles. The van der Waals surface area contributed by atoms with Crippen LogP contribution in [0.5, 0.6) is 0 Å². The van der Waals surface area contributed by atoms with E-state index in [1.165, 1.54) is 13.0 Å². The number of rotatable bonds is 3. The minimum absolute atomic E-state index is 0.722. The summed E-state index contributed by atoms with van der Waals surface area (Å²) in [6.07, 6.45) is 5.01. The molecular formula is C13H20N4. The van der Waals surface area contributed by atoms with Gasteiger partial charge >= 0.3 is 0 Å². The van der Waals surface area contributed by atoms with Crippen molar-refractivity contribution in [3.8, 4) is 0 Å². The van der Waals surface area contributed by atoms with Gasteiger partial charge in [0, 0.05) is 44.1 Å². The zero-order chi connectivity index (χ0) is 11.8. The van der Waals surface area contributed by atoms with Crippen LogP contribution in [0.25, 0.3) is 0 Å². The Morgan fingerprint density at radius 1 is 1.24 bits per heavy atom. The zero-order valence-corrected chi connectivity index (χ0v) is 10.6. The Morgan fingerprint density at radius 2 is 1.88 bits per heavy atom. The molecule has 17 heavy (non-hydrogen) atoms. The Morgan fingerprint density at radius 3 is 2.47 bits per heavy atom. The largest absolute Gasteiger partial charge is 0.338 e. The van der Waals surface area contributed by atoms with Crippen LogP contribution >= 0.6 is 0 Å². The van der Waals surface area contributed by atoms with Gasteiger partial charge < -0.3 is 4.90 Å². The molecule has 2 bridgehead atoms. The smallest absolute Gasteiger partial charge is 0.225 e. The van der Waals surface area contributed by atoms with Gasteiger partial charge in [0.2, 0.25) is 5.95 Å². The van der Waals surface area contributed by atoms with Crippen molar-refractivity contribution >= 4 is 5.95 Å². The molecule has 3 fully saturated rings. The van der Waals surface area contributed by atoms with E-state index in [9.17, 15) is 0 Å². The van der Waals surface area contributed by atoms with Crippen molar-refractivity contribution in [3.05, 3.63) is 18.5 Å². The van der Waals surface area contributed by atoms with Crippen LogP contribution < -0.4 is 4.90 Å². The Kier molecular flexibility index (Phi) is 2.74. The average Bonchev–Trinajstić information content (AvgIpc) is 2.37. The van der Waals surface area contributed by atoms with Gasteiger partial charge in [-0.05, 0) is 18.4 Å². The number of anilines is 1. The van der Waals surface area contributed by atoms with E-state index in [-0.39, 0.29) is 0 Å². The second kappa shape index (κ2) is 4.26. The molecule has 3 aliphatic rings. The summed E-state index contributed by atoms with van der Waals surface area (Å²) in [5.41, 5.74) is 0. The van der Waals surface area contributed by atoms with Gasteiger partial charge in [0.05, 0.1) is 0 Å². The first kappa shape index (κ1) is 11.0. The lowest BCUT2D eigenvalue weighted by atomic mass is 9.86. The third-order valence-electron chi connectivity index (χ3n) is 3.76. The first-order valence-electron chi connectivity index (χ1n) is 6.51. The molecule has 0 spiro atoms. The summed E-state index contributed by atoms with van der Waals surface area (Å²) in [6, 6.07) is 3.32. The molecule has 4 heteroatoms. The van der Waals surface area contributed by atoms with E-state index in [1.54, 1.807) is 0 Å². The molecule has 0 amide bonds. The maximum atomic E-state index is 4.34. The minimum atomic E-state index is 0.722. The minimum Gasteiger partial charge on any atom is -0.338 e. The molecular weight excluding hydrogens is 212 g/mol. The number of piperidine rings is 1. The summed E-state index contributed by atoms with van der Waals surface area (Å²) >= 11 is 0. The predicted molar refractivity (Wildman–Crippen MR) is 68.0 cm³/mol. The molecule has 2 atom stereocenters. The fourth-order valence-electron chi connectivity index (χ4n) is 3.02. The number of nitrogens with zero attached hydrogens (tertiary/aromatic N) is 4. The number of fused-ring (bicyclic) bond motifs is 2. The first-order chi connectivity index (χ1) is 8.24. The van der Waals surface area contributed by atoms with Crippen LogP contribution in [-0.4, -0.2) is 46.6 Å². The lowest BCUT2D eigenvalue weighted by molar-refractivity contribution is -0.0103. The molecule has 0 radical (unpaired) electrons. The Bertz CT molecular complexity index is 366.